The molecule has 0 saturated carbocycles. The number of aromatic hydroxyl groups is 4. The molecular formula is C111H115Cl2FN8O21S4. The molecule has 13 rings (SSSR count). The van der Waals surface area contributed by atoms with Crippen molar-refractivity contribution in [1.82, 2.24) is 0 Å². The standard InChI is InChI=1S/C33H34N2O6S.C28H31ClN2O5S.C26H27ClN2O5S.C24H23FN2O5S/c1-5-23(4)24-13-15-26(16-14-24)41-31-19-28(35-33(38)25-11-9-21(2)10-12-25)30(36)18-29(31)34-32(37)20-42(39,40)27-8-6-7-22(3)17-27;1-6-25(37(35,36)20-13-11-19(12-14-20)28(3,4)5)27(34)30-22-16-24(32)23(15-21(22)29)31-26(33)18-9-7-17(2)8-10-18;1-5-24(35(33,34)19-11-16(3)10-17(4)12-19)26(32)28-21-14-23(30)22(13-20(21)27)29-25(31)18-8-6-15(2)7-9-18;1-14-7-9-18(10-8-14)33(31,32)16(3)23(29)26-20-13-22(28)21(12-19(20)25)27-24(30)17-6-4-5-15(2)11-17/h6-19,23,36H,5,20H2,1-4H3,(H,34,37)(H,35,38);7-16,25,32H,6H2,1-5H3,(H,30,34)(H,31,33);6-14,24,30H,5H2,1-4H3,(H,28,32)(H,29,31);4-13,16,28H,1-3H3,(H,26,29)(H,27,30). The summed E-state index contributed by atoms with van der Waals surface area (Å²) in [6, 6.07) is 67.9. The molecule has 0 fully saturated rings. The number of nitrogens with one attached hydrogen (secondary N) is 8. The lowest BCUT2D eigenvalue weighted by molar-refractivity contribution is -0.116. The molecule has 8 amide bonds. The number of anilines is 8. The van der Waals surface area contributed by atoms with Gasteiger partial charge in [0.15, 0.2) is 45.1 Å². The molecule has 12 N–H and O–H groups in total. The van der Waals surface area contributed by atoms with Gasteiger partial charge in [0, 0.05) is 58.7 Å². The van der Waals surface area contributed by atoms with Crippen molar-refractivity contribution in [2.45, 2.75) is 177 Å². The van der Waals surface area contributed by atoms with Crippen LogP contribution in [0.5, 0.6) is 34.5 Å². The molecule has 29 nitrogen and oxygen atoms in total. The number of halogens is 3. The van der Waals surface area contributed by atoms with Crippen LogP contribution in [0, 0.1) is 61.2 Å². The molecule has 0 saturated heterocycles. The van der Waals surface area contributed by atoms with E-state index in [2.05, 4.69) is 56.4 Å². The third kappa shape index (κ3) is 30.3. The van der Waals surface area contributed by atoms with Gasteiger partial charge < -0.3 is 67.7 Å². The van der Waals surface area contributed by atoms with Crippen LogP contribution in [0.3, 0.4) is 0 Å². The first-order valence-electron chi connectivity index (χ1n) is 46.3. The molecule has 147 heavy (non-hydrogen) atoms. The third-order valence-corrected chi connectivity index (χ3v) is 32.1. The minimum atomic E-state index is -4.01. The summed E-state index contributed by atoms with van der Waals surface area (Å²) in [5.74, 6) is -7.60. The molecule has 4 unspecified atom stereocenters. The summed E-state index contributed by atoms with van der Waals surface area (Å²) in [6.07, 6.45) is 1.04. The van der Waals surface area contributed by atoms with Gasteiger partial charge in [0.2, 0.25) is 23.6 Å². The molecule has 13 aromatic carbocycles. The summed E-state index contributed by atoms with van der Waals surface area (Å²) in [4.78, 5) is 102. The molecular weight excluding hydrogens is 2000 g/mol. The predicted octanol–water partition coefficient (Wildman–Crippen LogP) is 22.7. The van der Waals surface area contributed by atoms with Crippen molar-refractivity contribution in [2.24, 2.45) is 0 Å². The van der Waals surface area contributed by atoms with Crippen molar-refractivity contribution in [2.75, 3.05) is 48.3 Å². The second kappa shape index (κ2) is 49.2. The summed E-state index contributed by atoms with van der Waals surface area (Å²) in [6.45, 7) is 29.4. The Hall–Kier alpha value is -15.1. The highest BCUT2D eigenvalue weighted by molar-refractivity contribution is 7.93. The summed E-state index contributed by atoms with van der Waals surface area (Å²) in [5.41, 5.74) is 10.1. The number of hydrogen-bond donors (Lipinski definition) is 12. The Morgan fingerprint density at radius 2 is 0.707 bits per heavy atom. The van der Waals surface area contributed by atoms with Crippen molar-refractivity contribution in [1.29, 1.82) is 0 Å². The second-order valence-corrected chi connectivity index (χ2v) is 45.6. The van der Waals surface area contributed by atoms with Crippen molar-refractivity contribution >= 4 is 155 Å². The number of phenols is 4. The van der Waals surface area contributed by atoms with Gasteiger partial charge in [-0.15, -0.1) is 0 Å². The molecule has 36 heteroatoms. The monoisotopic (exact) mass is 2110 g/mol. The maximum Gasteiger partial charge on any atom is 0.255 e. The van der Waals surface area contributed by atoms with Gasteiger partial charge in [0.05, 0.1) is 75.1 Å². The van der Waals surface area contributed by atoms with Gasteiger partial charge in [-0.25, -0.2) is 38.1 Å². The SMILES string of the molecule is CCC(C(=O)Nc1cc(O)c(NC(=O)c2ccc(C)cc2)cc1Cl)S(=O)(=O)c1cc(C)cc(C)c1.CCC(C(=O)Nc1cc(O)c(NC(=O)c2ccc(C)cc2)cc1Cl)S(=O)(=O)c1ccc(C(C)(C)C)cc1.CCC(C)c1ccc(Oc2cc(NC(=O)c3ccc(C)cc3)c(O)cc2NC(=O)CS(=O)(=O)c2cccc(C)c2)cc1.Cc1ccc(S(=O)(=O)C(C)C(=O)Nc2cc(O)c(NC(=O)c3cccc(C)c3)cc2F)cc1. The normalized spacial score (nSPS) is 12.2. The topological polar surface area (TPSA) is 460 Å². The first kappa shape index (κ1) is 114. The van der Waals surface area contributed by atoms with Crippen LogP contribution in [0.25, 0.3) is 0 Å². The van der Waals surface area contributed by atoms with Crippen LogP contribution in [0.15, 0.2) is 280 Å². The molecule has 0 bridgehead atoms. The van der Waals surface area contributed by atoms with E-state index >= 15 is 0 Å². The Labute approximate surface area is 864 Å². The van der Waals surface area contributed by atoms with Crippen molar-refractivity contribution in [3.05, 3.63) is 355 Å². The van der Waals surface area contributed by atoms with Gasteiger partial charge in [0.25, 0.3) is 23.6 Å². The number of hydrogen-bond acceptors (Lipinski definition) is 21. The third-order valence-electron chi connectivity index (χ3n) is 23.4. The fourth-order valence-corrected chi connectivity index (χ4v) is 21.0. The molecule has 0 spiro atoms. The quantitative estimate of drug-likeness (QED) is 0.0186. The molecule has 0 aliphatic carbocycles. The van der Waals surface area contributed by atoms with E-state index in [1.807, 2.05) is 72.7 Å². The van der Waals surface area contributed by atoms with Crippen LogP contribution < -0.4 is 47.3 Å². The minimum Gasteiger partial charge on any atom is -0.506 e. The van der Waals surface area contributed by atoms with Crippen LogP contribution in [0.1, 0.15) is 178 Å². The van der Waals surface area contributed by atoms with E-state index in [-0.39, 0.29) is 111 Å². The minimum absolute atomic E-state index is 0.0205. The maximum absolute atomic E-state index is 14.6. The van der Waals surface area contributed by atoms with Crippen LogP contribution in [0.2, 0.25) is 10.0 Å². The van der Waals surface area contributed by atoms with Gasteiger partial charge in [-0.2, -0.15) is 0 Å². The summed E-state index contributed by atoms with van der Waals surface area (Å²) in [5, 5.41) is 57.7. The zero-order chi connectivity index (χ0) is 108. The van der Waals surface area contributed by atoms with Crippen LogP contribution in [-0.4, -0.2) is 123 Å². The van der Waals surface area contributed by atoms with Gasteiger partial charge in [-0.3, -0.25) is 38.4 Å². The summed E-state index contributed by atoms with van der Waals surface area (Å²) >= 11 is 12.6. The average molecular weight is 2120 g/mol. The Bertz CT molecular complexity index is 7590. The highest BCUT2D eigenvalue weighted by Gasteiger charge is 2.37. The number of carbonyl (C=O) groups is 8. The van der Waals surface area contributed by atoms with E-state index in [0.717, 1.165) is 74.2 Å². The summed E-state index contributed by atoms with van der Waals surface area (Å²) in [7, 11) is -15.9. The van der Waals surface area contributed by atoms with Crippen molar-refractivity contribution in [3.8, 4) is 34.5 Å². The van der Waals surface area contributed by atoms with E-state index in [1.54, 1.807) is 181 Å². The Kier molecular flexibility index (Phi) is 38.1. The molecule has 770 valence electrons. The van der Waals surface area contributed by atoms with E-state index in [4.69, 9.17) is 27.9 Å². The number of amides is 8. The lowest BCUT2D eigenvalue weighted by Crippen LogP contribution is -2.35. The molecule has 13 aromatic rings. The van der Waals surface area contributed by atoms with Gasteiger partial charge in [0.1, 0.15) is 56.1 Å². The van der Waals surface area contributed by atoms with Crippen LogP contribution in [-0.2, 0) is 63.9 Å². The van der Waals surface area contributed by atoms with E-state index in [0.29, 0.717) is 33.9 Å². The van der Waals surface area contributed by atoms with E-state index < -0.39 is 125 Å². The number of carbonyl (C=O) groups excluding carboxylic acids is 8. The smallest absolute Gasteiger partial charge is 0.255 e. The highest BCUT2D eigenvalue weighted by Crippen LogP contribution is 2.42. The number of ether oxygens (including phenoxy) is 1. The molecule has 0 aliphatic heterocycles. The zero-order valence-electron chi connectivity index (χ0n) is 83.5. The molecule has 0 heterocycles. The number of sulfone groups is 4. The molecule has 4 atom stereocenters. The van der Waals surface area contributed by atoms with Crippen molar-refractivity contribution in [3.63, 3.8) is 0 Å². The summed E-state index contributed by atoms with van der Waals surface area (Å²) < 4.78 is 125. The Morgan fingerprint density at radius 3 is 1.13 bits per heavy atom. The largest absolute Gasteiger partial charge is 0.506 e. The first-order valence-corrected chi connectivity index (χ1v) is 53.4. The number of aryl methyl sites for hydroxylation is 8. The number of rotatable bonds is 30. The molecule has 0 radical (unpaired) electrons. The van der Waals surface area contributed by atoms with Crippen LogP contribution in [0.4, 0.5) is 49.9 Å². The molecule has 0 aliphatic rings. The zero-order valence-corrected chi connectivity index (χ0v) is 88.2. The lowest BCUT2D eigenvalue weighted by Gasteiger charge is -2.20. The van der Waals surface area contributed by atoms with Gasteiger partial charge in [-0.1, -0.05) is 203 Å². The highest BCUT2D eigenvalue weighted by atomic mass is 35.5. The fraction of sp³-hybridized carbons (Fsp3) is 0.225. The lowest BCUT2D eigenvalue weighted by atomic mass is 9.87. The van der Waals surface area contributed by atoms with E-state index in [9.17, 15) is 96.8 Å². The second-order valence-electron chi connectivity index (χ2n) is 36.3. The predicted molar refractivity (Wildman–Crippen MR) is 573 cm³/mol. The van der Waals surface area contributed by atoms with Gasteiger partial charge in [-0.05, 0) is 242 Å². The van der Waals surface area contributed by atoms with E-state index in [1.165, 1.54) is 91.9 Å². The maximum atomic E-state index is 14.6. The van der Waals surface area contributed by atoms with Crippen molar-refractivity contribution < 1.29 is 102 Å². The van der Waals surface area contributed by atoms with Gasteiger partial charge >= 0.3 is 0 Å². The number of phenolic OH excluding ortho intramolecular Hbond substituents is 4. The number of benzene rings is 13. The molecule has 0 aromatic heterocycles. The average Bonchev–Trinajstić information content (AvgIpc) is 0.796. The van der Waals surface area contributed by atoms with Crippen LogP contribution >= 0.6 is 23.2 Å². The Balaban J connectivity index is 0.000000201. The first-order chi connectivity index (χ1) is 69.1. The fourth-order valence-electron chi connectivity index (χ4n) is 14.7. The Morgan fingerprint density at radius 1 is 0.340 bits per heavy atom.